The molecule has 0 aliphatic rings. The minimum atomic E-state index is -3.03. The summed E-state index contributed by atoms with van der Waals surface area (Å²) < 4.78 is 28.5. The fourth-order valence-electron chi connectivity index (χ4n) is 1.37. The van der Waals surface area contributed by atoms with Gasteiger partial charge in [-0.2, -0.15) is 8.78 Å². The standard InChI is InChI=1S/C12H12F2O4/c1-7(11(16)17)6-9(15)8-4-2-3-5-10(8)18-12(13)14/h2-5,7,12H,6H2,1H3,(H,16,17). The van der Waals surface area contributed by atoms with E-state index in [1.165, 1.54) is 31.2 Å². The molecule has 1 rings (SSSR count). The van der Waals surface area contributed by atoms with Crippen molar-refractivity contribution in [3.63, 3.8) is 0 Å². The summed E-state index contributed by atoms with van der Waals surface area (Å²) in [4.78, 5) is 22.4. The van der Waals surface area contributed by atoms with Gasteiger partial charge >= 0.3 is 12.6 Å². The second-order valence-electron chi connectivity index (χ2n) is 3.74. The van der Waals surface area contributed by atoms with Crippen molar-refractivity contribution in [2.24, 2.45) is 5.92 Å². The normalized spacial score (nSPS) is 12.2. The summed E-state index contributed by atoms with van der Waals surface area (Å²) >= 11 is 0. The molecule has 0 saturated carbocycles. The van der Waals surface area contributed by atoms with Gasteiger partial charge in [-0.05, 0) is 12.1 Å². The third-order valence-corrected chi connectivity index (χ3v) is 2.32. The fourth-order valence-corrected chi connectivity index (χ4v) is 1.37. The zero-order chi connectivity index (χ0) is 13.7. The van der Waals surface area contributed by atoms with Gasteiger partial charge in [0.25, 0.3) is 0 Å². The lowest BCUT2D eigenvalue weighted by atomic mass is 9.99. The number of ketones is 1. The first kappa shape index (κ1) is 14.1. The molecule has 0 aliphatic heterocycles. The van der Waals surface area contributed by atoms with E-state index < -0.39 is 24.3 Å². The molecule has 6 heteroatoms. The molecule has 0 aliphatic carbocycles. The molecule has 1 N–H and O–H groups in total. The van der Waals surface area contributed by atoms with Gasteiger partial charge in [0.2, 0.25) is 0 Å². The summed E-state index contributed by atoms with van der Waals surface area (Å²) in [5.74, 6) is -2.77. The molecule has 1 aromatic rings. The van der Waals surface area contributed by atoms with E-state index in [-0.39, 0.29) is 17.7 Å². The maximum absolute atomic E-state index is 12.1. The Morgan fingerprint density at radius 2 is 1.94 bits per heavy atom. The lowest BCUT2D eigenvalue weighted by molar-refractivity contribution is -0.141. The molecule has 0 heterocycles. The Morgan fingerprint density at radius 1 is 1.33 bits per heavy atom. The van der Waals surface area contributed by atoms with Gasteiger partial charge in [0.1, 0.15) is 5.75 Å². The Morgan fingerprint density at radius 3 is 2.50 bits per heavy atom. The molecule has 0 spiro atoms. The van der Waals surface area contributed by atoms with Gasteiger partial charge in [-0.25, -0.2) is 0 Å². The summed E-state index contributed by atoms with van der Waals surface area (Å²) in [5, 5.41) is 8.69. The zero-order valence-electron chi connectivity index (χ0n) is 9.60. The molecule has 1 atom stereocenters. The van der Waals surface area contributed by atoms with Gasteiger partial charge in [-0.15, -0.1) is 0 Å². The number of benzene rings is 1. The van der Waals surface area contributed by atoms with E-state index in [2.05, 4.69) is 4.74 Å². The largest absolute Gasteiger partial charge is 0.481 e. The Bertz CT molecular complexity index is 445. The Balaban J connectivity index is 2.88. The van der Waals surface area contributed by atoms with Crippen LogP contribution >= 0.6 is 0 Å². The highest BCUT2D eigenvalue weighted by atomic mass is 19.3. The number of carbonyl (C=O) groups is 2. The quantitative estimate of drug-likeness (QED) is 0.796. The predicted octanol–water partition coefficient (Wildman–Crippen LogP) is 2.58. The number of carboxylic acid groups (broad SMARTS) is 1. The highest BCUT2D eigenvalue weighted by molar-refractivity contribution is 6.00. The van der Waals surface area contributed by atoms with Crippen LogP contribution in [0.2, 0.25) is 0 Å². The van der Waals surface area contributed by atoms with Crippen LogP contribution in [0.25, 0.3) is 0 Å². The van der Waals surface area contributed by atoms with Crippen molar-refractivity contribution in [2.45, 2.75) is 20.0 Å². The SMILES string of the molecule is CC(CC(=O)c1ccccc1OC(F)F)C(=O)O. The van der Waals surface area contributed by atoms with Crippen molar-refractivity contribution in [3.8, 4) is 5.75 Å². The maximum atomic E-state index is 12.1. The van der Waals surface area contributed by atoms with Crippen LogP contribution < -0.4 is 4.74 Å². The predicted molar refractivity (Wildman–Crippen MR) is 58.8 cm³/mol. The Kier molecular flexibility index (Phi) is 4.76. The second-order valence-corrected chi connectivity index (χ2v) is 3.74. The van der Waals surface area contributed by atoms with Crippen LogP contribution in [-0.2, 0) is 4.79 Å². The smallest absolute Gasteiger partial charge is 0.387 e. The van der Waals surface area contributed by atoms with E-state index in [1.807, 2.05) is 0 Å². The van der Waals surface area contributed by atoms with Crippen molar-refractivity contribution < 1.29 is 28.2 Å². The second kappa shape index (κ2) is 6.09. The van der Waals surface area contributed by atoms with Crippen LogP contribution in [0.5, 0.6) is 5.75 Å². The highest BCUT2D eigenvalue weighted by Crippen LogP contribution is 2.23. The van der Waals surface area contributed by atoms with E-state index in [0.717, 1.165) is 0 Å². The first-order valence-corrected chi connectivity index (χ1v) is 5.21. The first-order chi connectivity index (χ1) is 8.41. The average Bonchev–Trinajstić information content (AvgIpc) is 2.28. The molecule has 0 saturated heterocycles. The molecule has 0 amide bonds. The lowest BCUT2D eigenvalue weighted by Crippen LogP contribution is -2.16. The number of Topliss-reactive ketones (excluding diaryl/α,β-unsaturated/α-hetero) is 1. The van der Waals surface area contributed by atoms with Gasteiger partial charge in [-0.3, -0.25) is 9.59 Å². The van der Waals surface area contributed by atoms with Crippen LogP contribution in [0, 0.1) is 5.92 Å². The van der Waals surface area contributed by atoms with Crippen LogP contribution in [0.1, 0.15) is 23.7 Å². The number of hydrogen-bond donors (Lipinski definition) is 1. The third-order valence-electron chi connectivity index (χ3n) is 2.32. The number of halogens is 2. The molecule has 0 fully saturated rings. The molecule has 98 valence electrons. The third kappa shape index (κ3) is 3.80. The molecule has 18 heavy (non-hydrogen) atoms. The number of alkyl halides is 2. The number of carbonyl (C=O) groups excluding carboxylic acids is 1. The van der Waals surface area contributed by atoms with E-state index in [9.17, 15) is 18.4 Å². The van der Waals surface area contributed by atoms with Gasteiger partial charge in [-0.1, -0.05) is 19.1 Å². The van der Waals surface area contributed by atoms with E-state index in [1.54, 1.807) is 0 Å². The zero-order valence-corrected chi connectivity index (χ0v) is 9.60. The van der Waals surface area contributed by atoms with Crippen molar-refractivity contribution >= 4 is 11.8 Å². The number of rotatable bonds is 6. The Hall–Kier alpha value is -1.98. The average molecular weight is 258 g/mol. The van der Waals surface area contributed by atoms with E-state index in [4.69, 9.17) is 5.11 Å². The topological polar surface area (TPSA) is 63.6 Å². The number of aliphatic carboxylic acids is 1. The molecule has 0 radical (unpaired) electrons. The minimum Gasteiger partial charge on any atom is -0.481 e. The van der Waals surface area contributed by atoms with Crippen LogP contribution in [0.15, 0.2) is 24.3 Å². The number of carboxylic acids is 1. The molecular formula is C12H12F2O4. The monoisotopic (exact) mass is 258 g/mol. The van der Waals surface area contributed by atoms with Crippen molar-refractivity contribution in [1.82, 2.24) is 0 Å². The van der Waals surface area contributed by atoms with Gasteiger partial charge < -0.3 is 9.84 Å². The summed E-state index contributed by atoms with van der Waals surface area (Å²) in [7, 11) is 0. The summed E-state index contributed by atoms with van der Waals surface area (Å²) in [6.07, 6.45) is -0.265. The number of para-hydroxylation sites is 1. The van der Waals surface area contributed by atoms with Crippen molar-refractivity contribution in [1.29, 1.82) is 0 Å². The molecule has 1 unspecified atom stereocenters. The molecule has 1 aromatic carbocycles. The number of ether oxygens (including phenoxy) is 1. The fraction of sp³-hybridized carbons (Fsp3) is 0.333. The molecular weight excluding hydrogens is 246 g/mol. The molecule has 0 aromatic heterocycles. The van der Waals surface area contributed by atoms with E-state index >= 15 is 0 Å². The van der Waals surface area contributed by atoms with Gasteiger partial charge in [0.05, 0.1) is 11.5 Å². The Labute approximate surface area is 102 Å². The van der Waals surface area contributed by atoms with Gasteiger partial charge in [0, 0.05) is 6.42 Å². The summed E-state index contributed by atoms with van der Waals surface area (Å²) in [6.45, 7) is -1.66. The van der Waals surface area contributed by atoms with Crippen LogP contribution in [0.3, 0.4) is 0 Å². The van der Waals surface area contributed by atoms with Crippen LogP contribution in [-0.4, -0.2) is 23.5 Å². The molecule has 0 bridgehead atoms. The lowest BCUT2D eigenvalue weighted by Gasteiger charge is -2.10. The van der Waals surface area contributed by atoms with Crippen molar-refractivity contribution in [3.05, 3.63) is 29.8 Å². The van der Waals surface area contributed by atoms with Crippen molar-refractivity contribution in [2.75, 3.05) is 0 Å². The van der Waals surface area contributed by atoms with Gasteiger partial charge in [0.15, 0.2) is 5.78 Å². The minimum absolute atomic E-state index is 0.0362. The molecule has 4 nitrogen and oxygen atoms in total. The highest BCUT2D eigenvalue weighted by Gasteiger charge is 2.20. The van der Waals surface area contributed by atoms with E-state index in [0.29, 0.717) is 0 Å². The summed E-state index contributed by atoms with van der Waals surface area (Å²) in [5.41, 5.74) is -0.0362. The van der Waals surface area contributed by atoms with Crippen LogP contribution in [0.4, 0.5) is 8.78 Å². The summed E-state index contributed by atoms with van der Waals surface area (Å²) in [6, 6.07) is 5.52. The maximum Gasteiger partial charge on any atom is 0.387 e. The first-order valence-electron chi connectivity index (χ1n) is 5.21. The number of hydrogen-bond acceptors (Lipinski definition) is 3.